The second-order valence-corrected chi connectivity index (χ2v) is 6.05. The third-order valence-corrected chi connectivity index (χ3v) is 4.16. The molecule has 0 atom stereocenters. The molecule has 6 heteroatoms. The van der Waals surface area contributed by atoms with E-state index in [0.717, 1.165) is 11.1 Å². The van der Waals surface area contributed by atoms with Gasteiger partial charge in [-0.05, 0) is 61.4 Å². The van der Waals surface area contributed by atoms with Crippen molar-refractivity contribution >= 4 is 35.2 Å². The minimum atomic E-state index is -0.530. The van der Waals surface area contributed by atoms with Gasteiger partial charge in [-0.3, -0.25) is 15.0 Å². The molecule has 1 fully saturated rings. The Morgan fingerprint density at radius 2 is 1.83 bits per heavy atom. The van der Waals surface area contributed by atoms with Crippen LogP contribution >= 0.6 is 11.6 Å². The highest BCUT2D eigenvalue weighted by Crippen LogP contribution is 2.27. The third kappa shape index (κ3) is 2.86. The van der Waals surface area contributed by atoms with Crippen molar-refractivity contribution in [2.24, 2.45) is 0 Å². The van der Waals surface area contributed by atoms with Crippen LogP contribution in [0.2, 0.25) is 5.02 Å². The van der Waals surface area contributed by atoms with Gasteiger partial charge in [0.05, 0.1) is 5.69 Å². The van der Waals surface area contributed by atoms with Gasteiger partial charge in [0, 0.05) is 10.6 Å². The van der Waals surface area contributed by atoms with E-state index in [-0.39, 0.29) is 11.3 Å². The van der Waals surface area contributed by atoms with Crippen molar-refractivity contribution < 1.29 is 14.7 Å². The molecule has 0 bridgehead atoms. The number of amides is 2. The van der Waals surface area contributed by atoms with Crippen LogP contribution in [-0.4, -0.2) is 16.9 Å². The van der Waals surface area contributed by atoms with E-state index in [2.05, 4.69) is 5.43 Å². The SMILES string of the molecule is Cc1ccc(N2NC(=O)/C(=C\c3cc(Cl)ccc3O)C2=O)cc1C. The average Bonchev–Trinajstić information content (AvgIpc) is 2.81. The van der Waals surface area contributed by atoms with Crippen molar-refractivity contribution in [3.63, 3.8) is 0 Å². The average molecular weight is 343 g/mol. The predicted molar refractivity (Wildman–Crippen MR) is 92.6 cm³/mol. The van der Waals surface area contributed by atoms with E-state index in [1.54, 1.807) is 6.07 Å². The van der Waals surface area contributed by atoms with Gasteiger partial charge in [0.2, 0.25) is 0 Å². The maximum absolute atomic E-state index is 12.6. The standard InChI is InChI=1S/C18H15ClN2O3/c1-10-3-5-14(7-11(10)2)21-18(24)15(17(23)20-21)9-12-8-13(19)4-6-16(12)22/h3-9,22H,1-2H3,(H,20,23)/b15-9+. The van der Waals surface area contributed by atoms with E-state index in [4.69, 9.17) is 11.6 Å². The van der Waals surface area contributed by atoms with Crippen LogP contribution in [0.3, 0.4) is 0 Å². The molecule has 2 aromatic rings. The number of aromatic hydroxyl groups is 1. The van der Waals surface area contributed by atoms with Crippen molar-refractivity contribution in [2.75, 3.05) is 5.01 Å². The van der Waals surface area contributed by atoms with Crippen LogP contribution in [0.5, 0.6) is 5.75 Å². The molecule has 3 rings (SSSR count). The van der Waals surface area contributed by atoms with Crippen LogP contribution in [0.15, 0.2) is 42.0 Å². The van der Waals surface area contributed by atoms with Crippen molar-refractivity contribution in [1.82, 2.24) is 5.43 Å². The highest BCUT2D eigenvalue weighted by Gasteiger charge is 2.34. The Morgan fingerprint density at radius 1 is 1.08 bits per heavy atom. The fourth-order valence-electron chi connectivity index (χ4n) is 2.40. The maximum atomic E-state index is 12.6. The zero-order valence-corrected chi connectivity index (χ0v) is 13.9. The smallest absolute Gasteiger partial charge is 0.282 e. The molecule has 0 aliphatic carbocycles. The first-order valence-electron chi connectivity index (χ1n) is 7.30. The summed E-state index contributed by atoms with van der Waals surface area (Å²) in [4.78, 5) is 24.7. The molecule has 5 nitrogen and oxygen atoms in total. The summed E-state index contributed by atoms with van der Waals surface area (Å²) in [6.45, 7) is 3.90. The third-order valence-electron chi connectivity index (χ3n) is 3.93. The number of nitrogens with one attached hydrogen (secondary N) is 1. The van der Waals surface area contributed by atoms with E-state index >= 15 is 0 Å². The zero-order chi connectivity index (χ0) is 17.4. The fraction of sp³-hybridized carbons (Fsp3) is 0.111. The monoisotopic (exact) mass is 342 g/mol. The summed E-state index contributed by atoms with van der Waals surface area (Å²) in [7, 11) is 0. The first-order chi connectivity index (χ1) is 11.4. The van der Waals surface area contributed by atoms with Crippen molar-refractivity contribution in [3.8, 4) is 5.75 Å². The van der Waals surface area contributed by atoms with Gasteiger partial charge in [-0.15, -0.1) is 0 Å². The second kappa shape index (κ2) is 6.02. The van der Waals surface area contributed by atoms with Crippen LogP contribution in [0.25, 0.3) is 6.08 Å². The zero-order valence-electron chi connectivity index (χ0n) is 13.1. The van der Waals surface area contributed by atoms with Crippen LogP contribution in [0.1, 0.15) is 16.7 Å². The summed E-state index contributed by atoms with van der Waals surface area (Å²) in [5.74, 6) is -1.07. The molecule has 1 aliphatic heterocycles. The Balaban J connectivity index is 1.98. The van der Waals surface area contributed by atoms with Gasteiger partial charge in [-0.1, -0.05) is 17.7 Å². The Hall–Kier alpha value is -2.79. The summed E-state index contributed by atoms with van der Waals surface area (Å²) in [6.07, 6.45) is 1.33. The number of hydrogen-bond acceptors (Lipinski definition) is 3. The number of carbonyl (C=O) groups excluding carboxylic acids is 2. The molecule has 2 aromatic carbocycles. The minimum Gasteiger partial charge on any atom is -0.507 e. The summed E-state index contributed by atoms with van der Waals surface area (Å²) < 4.78 is 0. The molecular weight excluding hydrogens is 328 g/mol. The van der Waals surface area contributed by atoms with Gasteiger partial charge >= 0.3 is 0 Å². The van der Waals surface area contributed by atoms with E-state index < -0.39 is 11.8 Å². The lowest BCUT2D eigenvalue weighted by Crippen LogP contribution is -2.35. The molecule has 24 heavy (non-hydrogen) atoms. The fourth-order valence-corrected chi connectivity index (χ4v) is 2.58. The van der Waals surface area contributed by atoms with Gasteiger partial charge < -0.3 is 5.11 Å². The first-order valence-corrected chi connectivity index (χ1v) is 7.67. The molecule has 0 aromatic heterocycles. The quantitative estimate of drug-likeness (QED) is 0.650. The number of hydrazine groups is 1. The normalized spacial score (nSPS) is 16.0. The summed E-state index contributed by atoms with van der Waals surface area (Å²) in [5.41, 5.74) is 5.46. The number of benzene rings is 2. The highest BCUT2D eigenvalue weighted by molar-refractivity contribution is 6.32. The lowest BCUT2D eigenvalue weighted by Gasteiger charge is -2.16. The number of anilines is 1. The molecule has 1 saturated heterocycles. The largest absolute Gasteiger partial charge is 0.507 e. The van der Waals surface area contributed by atoms with Crippen molar-refractivity contribution in [2.45, 2.75) is 13.8 Å². The predicted octanol–water partition coefficient (Wildman–Crippen LogP) is 3.12. The molecule has 122 valence electrons. The van der Waals surface area contributed by atoms with Crippen LogP contribution in [0.4, 0.5) is 5.69 Å². The molecule has 2 amide bonds. The number of halogens is 1. The van der Waals surface area contributed by atoms with E-state index in [0.29, 0.717) is 16.3 Å². The molecule has 0 unspecified atom stereocenters. The van der Waals surface area contributed by atoms with Crippen molar-refractivity contribution in [3.05, 3.63) is 63.7 Å². The Bertz CT molecular complexity index is 890. The van der Waals surface area contributed by atoms with Crippen LogP contribution < -0.4 is 10.4 Å². The molecular formula is C18H15ClN2O3. The topological polar surface area (TPSA) is 69.6 Å². The van der Waals surface area contributed by atoms with Gasteiger partial charge in [0.25, 0.3) is 11.8 Å². The first kappa shape index (κ1) is 16.1. The van der Waals surface area contributed by atoms with Gasteiger partial charge in [-0.2, -0.15) is 0 Å². The Morgan fingerprint density at radius 3 is 2.54 bits per heavy atom. The lowest BCUT2D eigenvalue weighted by molar-refractivity contribution is -0.117. The van der Waals surface area contributed by atoms with E-state index in [1.165, 1.54) is 29.3 Å². The molecule has 1 aliphatic rings. The van der Waals surface area contributed by atoms with Gasteiger partial charge in [0.15, 0.2) is 0 Å². The van der Waals surface area contributed by atoms with E-state index in [9.17, 15) is 14.7 Å². The van der Waals surface area contributed by atoms with Crippen molar-refractivity contribution in [1.29, 1.82) is 0 Å². The number of nitrogens with zero attached hydrogens (tertiary/aromatic N) is 1. The lowest BCUT2D eigenvalue weighted by atomic mass is 10.1. The second-order valence-electron chi connectivity index (χ2n) is 5.61. The molecule has 2 N–H and O–H groups in total. The Labute approximate surface area is 144 Å². The highest BCUT2D eigenvalue weighted by atomic mass is 35.5. The van der Waals surface area contributed by atoms with E-state index in [1.807, 2.05) is 26.0 Å². The van der Waals surface area contributed by atoms with Gasteiger partial charge in [0.1, 0.15) is 11.3 Å². The van der Waals surface area contributed by atoms with Crippen LogP contribution in [-0.2, 0) is 9.59 Å². The number of aryl methyl sites for hydroxylation is 2. The molecule has 1 heterocycles. The number of phenolic OH excluding ortho intramolecular Hbond substituents is 1. The Kier molecular flexibility index (Phi) is 4.03. The number of carbonyl (C=O) groups is 2. The summed E-state index contributed by atoms with van der Waals surface area (Å²) in [6, 6.07) is 9.90. The molecule has 0 spiro atoms. The molecule has 0 saturated carbocycles. The number of rotatable bonds is 2. The summed E-state index contributed by atoms with van der Waals surface area (Å²) >= 11 is 5.90. The maximum Gasteiger partial charge on any atom is 0.282 e. The molecule has 0 radical (unpaired) electrons. The number of phenols is 1. The van der Waals surface area contributed by atoms with Crippen LogP contribution in [0, 0.1) is 13.8 Å². The number of hydrogen-bond donors (Lipinski definition) is 2. The van der Waals surface area contributed by atoms with Gasteiger partial charge in [-0.25, -0.2) is 5.01 Å². The minimum absolute atomic E-state index is 0.0582. The summed E-state index contributed by atoms with van der Waals surface area (Å²) in [5, 5.41) is 11.5.